The summed E-state index contributed by atoms with van der Waals surface area (Å²) in [6, 6.07) is 0. The Hall–Kier alpha value is -0.820. The number of anilines is 2. The summed E-state index contributed by atoms with van der Waals surface area (Å²) >= 11 is 1.12. The van der Waals surface area contributed by atoms with Crippen LogP contribution in [0.3, 0.4) is 0 Å². The van der Waals surface area contributed by atoms with Gasteiger partial charge in [0, 0.05) is 6.54 Å². The molecule has 0 radical (unpaired) electrons. The first-order valence-electron chi connectivity index (χ1n) is 6.24. The quantitative estimate of drug-likeness (QED) is 0.719. The molecule has 1 aromatic heterocycles. The van der Waals surface area contributed by atoms with Crippen LogP contribution < -0.4 is 11.1 Å². The molecular formula is C11H21N3O2S2. The normalized spacial score (nSPS) is 11.7. The van der Waals surface area contributed by atoms with Gasteiger partial charge >= 0.3 is 0 Å². The van der Waals surface area contributed by atoms with Gasteiger partial charge in [-0.05, 0) is 18.0 Å². The van der Waals surface area contributed by atoms with Gasteiger partial charge in [0.25, 0.3) is 0 Å². The molecule has 1 heterocycles. The zero-order valence-corrected chi connectivity index (χ0v) is 12.5. The number of hydrogen-bond acceptors (Lipinski definition) is 6. The smallest absolute Gasteiger partial charge is 0.184 e. The summed E-state index contributed by atoms with van der Waals surface area (Å²) in [7, 11) is -3.30. The average molecular weight is 291 g/mol. The first kappa shape index (κ1) is 15.2. The Morgan fingerprint density at radius 1 is 1.28 bits per heavy atom. The molecule has 0 unspecified atom stereocenters. The molecule has 5 nitrogen and oxygen atoms in total. The zero-order valence-electron chi connectivity index (χ0n) is 10.9. The lowest BCUT2D eigenvalue weighted by atomic mass is 10.2. The molecule has 0 aliphatic heterocycles. The highest BCUT2D eigenvalue weighted by molar-refractivity contribution is 7.91. The van der Waals surface area contributed by atoms with E-state index in [1.807, 2.05) is 0 Å². The standard InChI is InChI=1S/C11H21N3O2S2/c1-3-5-6-7-8-13-11-9(10(12)14-17-11)18(15,16)4-2/h13H,3-8H2,1-2H3,(H2,12,14). The van der Waals surface area contributed by atoms with Crippen molar-refractivity contribution in [3.05, 3.63) is 0 Å². The fourth-order valence-electron chi connectivity index (χ4n) is 1.61. The van der Waals surface area contributed by atoms with E-state index < -0.39 is 9.84 Å². The maximum atomic E-state index is 11.9. The SMILES string of the molecule is CCCCCCNc1snc(N)c1S(=O)(=O)CC. The van der Waals surface area contributed by atoms with E-state index in [1.54, 1.807) is 6.92 Å². The van der Waals surface area contributed by atoms with Crippen molar-refractivity contribution in [2.75, 3.05) is 23.3 Å². The molecule has 0 atom stereocenters. The van der Waals surface area contributed by atoms with Crippen LogP contribution in [0.5, 0.6) is 0 Å². The van der Waals surface area contributed by atoms with Crippen molar-refractivity contribution in [1.29, 1.82) is 0 Å². The van der Waals surface area contributed by atoms with Gasteiger partial charge in [-0.15, -0.1) is 0 Å². The fraction of sp³-hybridized carbons (Fsp3) is 0.727. The minimum atomic E-state index is -3.30. The number of hydrogen-bond donors (Lipinski definition) is 2. The van der Waals surface area contributed by atoms with E-state index in [0.717, 1.165) is 30.9 Å². The molecule has 104 valence electrons. The predicted molar refractivity (Wildman–Crippen MR) is 76.9 cm³/mol. The van der Waals surface area contributed by atoms with Crippen LogP contribution in [0, 0.1) is 0 Å². The summed E-state index contributed by atoms with van der Waals surface area (Å²) in [6.07, 6.45) is 4.56. The summed E-state index contributed by atoms with van der Waals surface area (Å²) in [5.74, 6) is 0.151. The second kappa shape index (κ2) is 6.94. The summed E-state index contributed by atoms with van der Waals surface area (Å²) in [6.45, 7) is 4.52. The third-order valence-corrected chi connectivity index (χ3v) is 5.42. The maximum absolute atomic E-state index is 11.9. The number of sulfone groups is 1. The highest BCUT2D eigenvalue weighted by atomic mass is 32.2. The predicted octanol–water partition coefficient (Wildman–Crippen LogP) is 2.51. The Kier molecular flexibility index (Phi) is 5.87. The van der Waals surface area contributed by atoms with Crippen LogP contribution in [0.25, 0.3) is 0 Å². The van der Waals surface area contributed by atoms with E-state index in [-0.39, 0.29) is 16.5 Å². The summed E-state index contributed by atoms with van der Waals surface area (Å²) in [5.41, 5.74) is 5.64. The van der Waals surface area contributed by atoms with Crippen molar-refractivity contribution in [1.82, 2.24) is 4.37 Å². The first-order valence-corrected chi connectivity index (χ1v) is 8.67. The monoisotopic (exact) mass is 291 g/mol. The van der Waals surface area contributed by atoms with Crippen LogP contribution in [0.2, 0.25) is 0 Å². The summed E-state index contributed by atoms with van der Waals surface area (Å²) in [4.78, 5) is 0.172. The van der Waals surface area contributed by atoms with Gasteiger partial charge in [0.05, 0.1) is 5.75 Å². The molecule has 0 fully saturated rings. The number of nitrogens with two attached hydrogens (primary N) is 1. The molecule has 3 N–H and O–H groups in total. The highest BCUT2D eigenvalue weighted by Crippen LogP contribution is 2.32. The molecule has 0 bridgehead atoms. The maximum Gasteiger partial charge on any atom is 0.184 e. The van der Waals surface area contributed by atoms with E-state index in [0.29, 0.717) is 5.00 Å². The van der Waals surface area contributed by atoms with Gasteiger partial charge in [-0.3, -0.25) is 0 Å². The van der Waals surface area contributed by atoms with Crippen molar-refractivity contribution < 1.29 is 8.42 Å². The Labute approximate surface area is 113 Å². The second-order valence-electron chi connectivity index (χ2n) is 4.12. The largest absolute Gasteiger partial charge is 0.382 e. The number of nitrogen functional groups attached to an aromatic ring is 1. The second-order valence-corrected chi connectivity index (χ2v) is 7.11. The Morgan fingerprint density at radius 2 is 2.00 bits per heavy atom. The molecule has 0 aromatic carbocycles. The Morgan fingerprint density at radius 3 is 2.61 bits per heavy atom. The fourth-order valence-corrected chi connectivity index (χ4v) is 3.80. The van der Waals surface area contributed by atoms with Gasteiger partial charge in [-0.25, -0.2) is 8.42 Å². The third kappa shape index (κ3) is 3.84. The van der Waals surface area contributed by atoms with Crippen molar-refractivity contribution in [3.8, 4) is 0 Å². The molecule has 0 saturated carbocycles. The average Bonchev–Trinajstić information content (AvgIpc) is 2.71. The molecule has 7 heteroatoms. The number of nitrogens with zero attached hydrogens (tertiary/aromatic N) is 1. The van der Waals surface area contributed by atoms with Crippen LogP contribution in [-0.2, 0) is 9.84 Å². The van der Waals surface area contributed by atoms with E-state index in [2.05, 4.69) is 16.6 Å². The van der Waals surface area contributed by atoms with Gasteiger partial charge in [-0.2, -0.15) is 4.37 Å². The van der Waals surface area contributed by atoms with Crippen molar-refractivity contribution in [3.63, 3.8) is 0 Å². The zero-order chi connectivity index (χ0) is 13.6. The lowest BCUT2D eigenvalue weighted by molar-refractivity contribution is 0.598. The van der Waals surface area contributed by atoms with Gasteiger partial charge in [0.1, 0.15) is 9.90 Å². The van der Waals surface area contributed by atoms with Crippen molar-refractivity contribution >= 4 is 32.2 Å². The van der Waals surface area contributed by atoms with E-state index >= 15 is 0 Å². The molecule has 18 heavy (non-hydrogen) atoms. The van der Waals surface area contributed by atoms with Gasteiger partial charge in [-0.1, -0.05) is 33.1 Å². The summed E-state index contributed by atoms with van der Waals surface area (Å²) in [5, 5.41) is 3.71. The van der Waals surface area contributed by atoms with E-state index in [4.69, 9.17) is 5.73 Å². The molecule has 0 saturated heterocycles. The number of nitrogens with one attached hydrogen (secondary N) is 1. The minimum absolute atomic E-state index is 0.0418. The molecule has 1 rings (SSSR count). The van der Waals surface area contributed by atoms with Gasteiger partial charge < -0.3 is 11.1 Å². The number of aromatic nitrogens is 1. The Balaban J connectivity index is 2.67. The topological polar surface area (TPSA) is 85.1 Å². The lowest BCUT2D eigenvalue weighted by Gasteiger charge is -2.06. The van der Waals surface area contributed by atoms with Crippen LogP contribution in [0.15, 0.2) is 4.90 Å². The van der Waals surface area contributed by atoms with Gasteiger partial charge in [0.15, 0.2) is 15.7 Å². The van der Waals surface area contributed by atoms with Crippen LogP contribution in [-0.4, -0.2) is 25.1 Å². The molecule has 0 aliphatic rings. The molecule has 0 spiro atoms. The van der Waals surface area contributed by atoms with Crippen molar-refractivity contribution in [2.24, 2.45) is 0 Å². The number of rotatable bonds is 8. The van der Waals surface area contributed by atoms with Crippen molar-refractivity contribution in [2.45, 2.75) is 44.4 Å². The molecule has 0 amide bonds. The van der Waals surface area contributed by atoms with Crippen LogP contribution in [0.1, 0.15) is 39.5 Å². The van der Waals surface area contributed by atoms with E-state index in [1.165, 1.54) is 12.8 Å². The van der Waals surface area contributed by atoms with Crippen LogP contribution in [0.4, 0.5) is 10.8 Å². The van der Waals surface area contributed by atoms with E-state index in [9.17, 15) is 8.42 Å². The third-order valence-electron chi connectivity index (χ3n) is 2.68. The molecular weight excluding hydrogens is 270 g/mol. The minimum Gasteiger partial charge on any atom is -0.382 e. The van der Waals surface area contributed by atoms with Crippen LogP contribution >= 0.6 is 11.5 Å². The number of unbranched alkanes of at least 4 members (excludes halogenated alkanes) is 3. The lowest BCUT2D eigenvalue weighted by Crippen LogP contribution is -2.09. The summed E-state index contributed by atoms with van der Waals surface area (Å²) < 4.78 is 27.7. The molecule has 1 aromatic rings. The van der Waals surface area contributed by atoms with Gasteiger partial charge in [0.2, 0.25) is 0 Å². The molecule has 0 aliphatic carbocycles. The highest BCUT2D eigenvalue weighted by Gasteiger charge is 2.23. The first-order chi connectivity index (χ1) is 8.53. The Bertz CT molecular complexity index is 469.